The van der Waals surface area contributed by atoms with Crippen molar-refractivity contribution in [2.24, 2.45) is 0 Å². The van der Waals surface area contributed by atoms with Crippen molar-refractivity contribution in [1.29, 1.82) is 0 Å². The van der Waals surface area contributed by atoms with Gasteiger partial charge in [-0.2, -0.15) is 0 Å². The zero-order valence-corrected chi connectivity index (χ0v) is 14.2. The lowest BCUT2D eigenvalue weighted by atomic mass is 10.2. The van der Waals surface area contributed by atoms with Crippen molar-refractivity contribution in [1.82, 2.24) is 10.3 Å². The number of thiazole rings is 1. The van der Waals surface area contributed by atoms with E-state index in [2.05, 4.69) is 10.3 Å². The molecule has 1 N–H and O–H groups in total. The number of hydrogen-bond donors (Lipinski definition) is 1. The van der Waals surface area contributed by atoms with Gasteiger partial charge in [-0.1, -0.05) is 0 Å². The average Bonchev–Trinajstić information content (AvgIpc) is 3.07. The highest BCUT2D eigenvalue weighted by molar-refractivity contribution is 7.86. The number of anilines is 1. The molecule has 122 valence electrons. The maximum atomic E-state index is 12.0. The summed E-state index contributed by atoms with van der Waals surface area (Å²) in [4.78, 5) is 28.8. The van der Waals surface area contributed by atoms with E-state index < -0.39 is 16.9 Å². The number of aromatic nitrogens is 1. The van der Waals surface area contributed by atoms with E-state index in [1.165, 1.54) is 23.2 Å². The summed E-state index contributed by atoms with van der Waals surface area (Å²) in [6.45, 7) is 2.08. The van der Waals surface area contributed by atoms with Crippen LogP contribution in [0.4, 0.5) is 10.5 Å². The molecule has 1 unspecified atom stereocenters. The first-order valence-corrected chi connectivity index (χ1v) is 9.28. The third-order valence-electron chi connectivity index (χ3n) is 3.36. The zero-order valence-electron chi connectivity index (χ0n) is 12.6. The Morgan fingerprint density at radius 2 is 2.35 bits per heavy atom. The highest BCUT2D eigenvalue weighted by Crippen LogP contribution is 2.30. The Bertz CT molecular complexity index is 804. The largest absolute Gasteiger partial charge is 0.442 e. The Morgan fingerprint density at radius 1 is 1.57 bits per heavy atom. The van der Waals surface area contributed by atoms with Crippen molar-refractivity contribution in [3.63, 3.8) is 0 Å². The van der Waals surface area contributed by atoms with Gasteiger partial charge in [0.05, 0.1) is 34.1 Å². The molecule has 1 aromatic heterocycles. The lowest BCUT2D eigenvalue weighted by Crippen LogP contribution is -2.33. The second-order valence-corrected chi connectivity index (χ2v) is 7.72. The third kappa shape index (κ3) is 3.35. The summed E-state index contributed by atoms with van der Waals surface area (Å²) in [5.41, 5.74) is 1.45. The highest BCUT2D eigenvalue weighted by Gasteiger charge is 2.32. The van der Waals surface area contributed by atoms with Gasteiger partial charge in [0.25, 0.3) is 0 Å². The molecule has 0 spiro atoms. The summed E-state index contributed by atoms with van der Waals surface area (Å²) in [5.74, 6) is -0.161. The number of ether oxygens (including phenoxy) is 1. The van der Waals surface area contributed by atoms with Crippen molar-refractivity contribution >= 4 is 50.0 Å². The molecular weight excluding hydrogens is 338 g/mol. The van der Waals surface area contributed by atoms with E-state index in [1.54, 1.807) is 18.4 Å². The molecule has 1 saturated heterocycles. The van der Waals surface area contributed by atoms with Crippen LogP contribution in [0.3, 0.4) is 0 Å². The minimum absolute atomic E-state index is 0.161. The first-order valence-electron chi connectivity index (χ1n) is 6.90. The molecule has 2 aromatic rings. The molecule has 3 rings (SSSR count). The molecule has 7 nitrogen and oxygen atoms in total. The second kappa shape index (κ2) is 6.25. The summed E-state index contributed by atoms with van der Waals surface area (Å²) < 4.78 is 18.2. The molecule has 0 bridgehead atoms. The molecule has 1 aromatic carbocycles. The average molecular weight is 353 g/mol. The SMILES string of the molecule is CC(=O)NC[C@H]1CN(c2ccc3nc(S(C)=O)sc3c2)C(=O)O1. The van der Waals surface area contributed by atoms with Crippen molar-refractivity contribution in [3.8, 4) is 0 Å². The number of carbonyl (C=O) groups is 2. The minimum atomic E-state index is -1.13. The summed E-state index contributed by atoms with van der Waals surface area (Å²) in [6, 6.07) is 5.42. The number of amides is 2. The zero-order chi connectivity index (χ0) is 16.6. The second-order valence-electron chi connectivity index (χ2n) is 5.14. The van der Waals surface area contributed by atoms with E-state index in [1.807, 2.05) is 6.07 Å². The van der Waals surface area contributed by atoms with Crippen LogP contribution in [0.15, 0.2) is 22.5 Å². The highest BCUT2D eigenvalue weighted by atomic mass is 32.2. The van der Waals surface area contributed by atoms with Gasteiger partial charge in [-0.3, -0.25) is 13.9 Å². The standard InChI is InChI=1S/C14H15N3O4S2/c1-8(18)15-6-10-7-17(14(19)21-10)9-3-4-11-12(5-9)22-13(16-11)23(2)20/h3-5,10H,6-7H2,1-2H3,(H,15,18)/t10-,23?/m0/s1. The normalized spacial score (nSPS) is 19.0. The fourth-order valence-corrected chi connectivity index (χ4v) is 3.97. The number of nitrogens with one attached hydrogen (secondary N) is 1. The van der Waals surface area contributed by atoms with E-state index in [-0.39, 0.29) is 12.0 Å². The fraction of sp³-hybridized carbons (Fsp3) is 0.357. The predicted octanol–water partition coefficient (Wildman–Crippen LogP) is 1.49. The molecular formula is C14H15N3O4S2. The van der Waals surface area contributed by atoms with Crippen LogP contribution in [0.25, 0.3) is 10.2 Å². The summed E-state index contributed by atoms with van der Waals surface area (Å²) in [5, 5.41) is 2.64. The molecule has 2 atom stereocenters. The minimum Gasteiger partial charge on any atom is -0.442 e. The molecule has 1 aliphatic rings. The smallest absolute Gasteiger partial charge is 0.414 e. The van der Waals surface area contributed by atoms with Gasteiger partial charge in [-0.15, -0.1) is 11.3 Å². The van der Waals surface area contributed by atoms with Crippen LogP contribution >= 0.6 is 11.3 Å². The van der Waals surface area contributed by atoms with Gasteiger partial charge < -0.3 is 10.1 Å². The number of fused-ring (bicyclic) bond motifs is 1. The molecule has 1 aliphatic heterocycles. The number of rotatable bonds is 4. The Hall–Kier alpha value is -2.00. The Balaban J connectivity index is 1.81. The fourth-order valence-electron chi connectivity index (χ4n) is 2.28. The molecule has 23 heavy (non-hydrogen) atoms. The van der Waals surface area contributed by atoms with E-state index in [0.717, 1.165) is 10.2 Å². The Morgan fingerprint density at radius 3 is 3.04 bits per heavy atom. The van der Waals surface area contributed by atoms with E-state index in [9.17, 15) is 13.8 Å². The van der Waals surface area contributed by atoms with Crippen molar-refractivity contribution in [2.75, 3.05) is 24.2 Å². The molecule has 2 heterocycles. The third-order valence-corrected chi connectivity index (χ3v) is 5.71. The van der Waals surface area contributed by atoms with E-state index in [4.69, 9.17) is 4.74 Å². The Labute approximate surface area is 139 Å². The van der Waals surface area contributed by atoms with Gasteiger partial charge >= 0.3 is 6.09 Å². The number of hydrogen-bond acceptors (Lipinski definition) is 6. The van der Waals surface area contributed by atoms with Crippen LogP contribution in [-0.4, -0.2) is 46.6 Å². The van der Waals surface area contributed by atoms with Gasteiger partial charge in [0, 0.05) is 18.9 Å². The molecule has 9 heteroatoms. The summed E-state index contributed by atoms with van der Waals surface area (Å²) >= 11 is 1.35. The topological polar surface area (TPSA) is 88.6 Å². The molecule has 1 fully saturated rings. The number of carbonyl (C=O) groups excluding carboxylic acids is 2. The number of nitrogens with zero attached hydrogens (tertiary/aromatic N) is 2. The van der Waals surface area contributed by atoms with Crippen LogP contribution in [0.1, 0.15) is 6.92 Å². The lowest BCUT2D eigenvalue weighted by Gasteiger charge is -2.12. The number of benzene rings is 1. The molecule has 0 aliphatic carbocycles. The quantitative estimate of drug-likeness (QED) is 0.900. The Kier molecular flexibility index (Phi) is 4.31. The summed E-state index contributed by atoms with van der Waals surface area (Å²) in [7, 11) is -1.13. The molecule has 2 amide bonds. The first-order chi connectivity index (χ1) is 10.9. The van der Waals surface area contributed by atoms with Crippen molar-refractivity contribution in [2.45, 2.75) is 17.4 Å². The van der Waals surface area contributed by atoms with Gasteiger partial charge in [0.2, 0.25) is 5.91 Å². The maximum Gasteiger partial charge on any atom is 0.414 e. The summed E-state index contributed by atoms with van der Waals surface area (Å²) in [6.07, 6.45) is 0.772. The van der Waals surface area contributed by atoms with Crippen molar-refractivity contribution in [3.05, 3.63) is 18.2 Å². The van der Waals surface area contributed by atoms with Crippen LogP contribution in [-0.2, 0) is 20.3 Å². The van der Waals surface area contributed by atoms with Gasteiger partial charge in [-0.25, -0.2) is 9.78 Å². The predicted molar refractivity (Wildman–Crippen MR) is 88.3 cm³/mol. The van der Waals surface area contributed by atoms with Gasteiger partial charge in [0.1, 0.15) is 6.10 Å². The monoisotopic (exact) mass is 353 g/mol. The molecule has 0 saturated carbocycles. The van der Waals surface area contributed by atoms with Crippen LogP contribution < -0.4 is 10.2 Å². The van der Waals surface area contributed by atoms with Crippen LogP contribution in [0, 0.1) is 0 Å². The first kappa shape index (κ1) is 15.9. The van der Waals surface area contributed by atoms with E-state index in [0.29, 0.717) is 23.1 Å². The van der Waals surface area contributed by atoms with Gasteiger partial charge in [-0.05, 0) is 18.2 Å². The van der Waals surface area contributed by atoms with Gasteiger partial charge in [0.15, 0.2) is 4.34 Å². The van der Waals surface area contributed by atoms with E-state index >= 15 is 0 Å². The van der Waals surface area contributed by atoms with Crippen LogP contribution in [0.5, 0.6) is 0 Å². The van der Waals surface area contributed by atoms with Crippen molar-refractivity contribution < 1.29 is 18.5 Å². The molecule has 0 radical (unpaired) electrons. The van der Waals surface area contributed by atoms with Crippen LogP contribution in [0.2, 0.25) is 0 Å². The maximum absolute atomic E-state index is 12.0. The lowest BCUT2D eigenvalue weighted by molar-refractivity contribution is -0.119. The number of cyclic esters (lactones) is 1.